The summed E-state index contributed by atoms with van der Waals surface area (Å²) in [6.07, 6.45) is 2.56. The summed E-state index contributed by atoms with van der Waals surface area (Å²) in [7, 11) is 3.53. The van der Waals surface area contributed by atoms with Crippen molar-refractivity contribution in [3.05, 3.63) is 46.8 Å². The van der Waals surface area contributed by atoms with E-state index in [0.717, 1.165) is 0 Å². The topological polar surface area (TPSA) is 46.4 Å². The van der Waals surface area contributed by atoms with Gasteiger partial charge in [-0.2, -0.15) is 0 Å². The Morgan fingerprint density at radius 2 is 2.08 bits per heavy atom. The van der Waals surface area contributed by atoms with Crippen LogP contribution in [-0.2, 0) is 0 Å². The molecule has 0 rings (SSSR count). The Hall–Kier alpha value is -1.58. The van der Waals surface area contributed by atoms with Gasteiger partial charge in [-0.05, 0) is 0 Å². The number of allylic oxidation sites excluding steroid dienone is 2. The lowest BCUT2D eigenvalue weighted by molar-refractivity contribution is -0.419. The van der Waals surface area contributed by atoms with Crippen LogP contribution in [0, 0.1) is 10.1 Å². The maximum absolute atomic E-state index is 10.3. The Labute approximate surface area is 71.6 Å². The number of hydrogen-bond acceptors (Lipinski definition) is 3. The van der Waals surface area contributed by atoms with E-state index in [-0.39, 0.29) is 5.70 Å². The summed E-state index contributed by atoms with van der Waals surface area (Å²) < 4.78 is 0. The molecule has 0 aromatic heterocycles. The van der Waals surface area contributed by atoms with Gasteiger partial charge in [-0.1, -0.05) is 13.2 Å². The van der Waals surface area contributed by atoms with Gasteiger partial charge in [0.15, 0.2) is 0 Å². The van der Waals surface area contributed by atoms with Crippen LogP contribution in [0.2, 0.25) is 0 Å². The summed E-state index contributed by atoms with van der Waals surface area (Å²) in [5.74, 6) is 0. The van der Waals surface area contributed by atoms with Crippen LogP contribution >= 0.6 is 0 Å². The highest BCUT2D eigenvalue weighted by Crippen LogP contribution is 2.04. The van der Waals surface area contributed by atoms with Gasteiger partial charge in [-0.25, -0.2) is 0 Å². The van der Waals surface area contributed by atoms with Crippen molar-refractivity contribution >= 4 is 0 Å². The zero-order valence-corrected chi connectivity index (χ0v) is 7.28. The van der Waals surface area contributed by atoms with E-state index >= 15 is 0 Å². The minimum atomic E-state index is -0.498. The molecule has 0 atom stereocenters. The van der Waals surface area contributed by atoms with Gasteiger partial charge in [0.25, 0.3) is 5.70 Å². The van der Waals surface area contributed by atoms with Crippen LogP contribution in [0.3, 0.4) is 0 Å². The minimum Gasteiger partial charge on any atom is -0.378 e. The molecule has 0 aromatic carbocycles. The minimum absolute atomic E-state index is 0.0475. The molecule has 0 radical (unpaired) electrons. The summed E-state index contributed by atoms with van der Waals surface area (Å²) in [5, 5.41) is 10.3. The largest absolute Gasteiger partial charge is 0.378 e. The molecular formula is C8H12N2O2. The fourth-order valence-electron chi connectivity index (χ4n) is 0.486. The number of hydrogen-bond donors (Lipinski definition) is 0. The van der Waals surface area contributed by atoms with E-state index in [4.69, 9.17) is 0 Å². The summed E-state index contributed by atoms with van der Waals surface area (Å²) in [6, 6.07) is 0. The maximum Gasteiger partial charge on any atom is 0.270 e. The molecule has 12 heavy (non-hydrogen) atoms. The van der Waals surface area contributed by atoms with E-state index in [1.54, 1.807) is 19.0 Å². The summed E-state index contributed by atoms with van der Waals surface area (Å²) in [5.41, 5.74) is 0.523. The second kappa shape index (κ2) is 4.33. The predicted octanol–water partition coefficient (Wildman–Crippen LogP) is 1.41. The second-order valence-electron chi connectivity index (χ2n) is 2.42. The molecule has 0 heterocycles. The van der Waals surface area contributed by atoms with Crippen LogP contribution in [0.25, 0.3) is 0 Å². The normalized spacial score (nSPS) is 10.7. The molecule has 0 saturated heterocycles. The Morgan fingerprint density at radius 1 is 1.58 bits per heavy atom. The van der Waals surface area contributed by atoms with Crippen LogP contribution in [0.5, 0.6) is 0 Å². The lowest BCUT2D eigenvalue weighted by Gasteiger charge is -2.10. The fourth-order valence-corrected chi connectivity index (χ4v) is 0.486. The molecule has 0 bridgehead atoms. The third-order valence-corrected chi connectivity index (χ3v) is 1.31. The molecule has 66 valence electrons. The molecule has 0 spiro atoms. The van der Waals surface area contributed by atoms with Crippen LogP contribution in [0.4, 0.5) is 0 Å². The highest BCUT2D eigenvalue weighted by Gasteiger charge is 2.05. The third-order valence-electron chi connectivity index (χ3n) is 1.31. The Kier molecular flexibility index (Phi) is 3.76. The van der Waals surface area contributed by atoms with Gasteiger partial charge >= 0.3 is 0 Å². The first-order valence-corrected chi connectivity index (χ1v) is 3.33. The smallest absolute Gasteiger partial charge is 0.270 e. The number of nitrogens with zero attached hydrogens (tertiary/aromatic N) is 2. The first kappa shape index (κ1) is 10.4. The molecule has 0 amide bonds. The van der Waals surface area contributed by atoms with Crippen LogP contribution in [0.1, 0.15) is 0 Å². The predicted molar refractivity (Wildman–Crippen MR) is 48.1 cm³/mol. The van der Waals surface area contributed by atoms with E-state index in [0.29, 0.717) is 5.70 Å². The van der Waals surface area contributed by atoms with Crippen molar-refractivity contribution in [3.63, 3.8) is 0 Å². The standard InChI is InChI=1S/C8H12N2O2/c1-5-8(10(11)12)6-7(2)9(3)4/h5-6H,1-2H2,3-4H3/b8-6+. The molecule has 0 unspecified atom stereocenters. The van der Waals surface area contributed by atoms with Gasteiger partial charge in [-0.3, -0.25) is 10.1 Å². The first-order chi connectivity index (χ1) is 5.49. The summed E-state index contributed by atoms with van der Waals surface area (Å²) >= 11 is 0. The lowest BCUT2D eigenvalue weighted by atomic mass is 10.3. The van der Waals surface area contributed by atoms with Gasteiger partial charge < -0.3 is 4.90 Å². The van der Waals surface area contributed by atoms with E-state index in [2.05, 4.69) is 13.2 Å². The maximum atomic E-state index is 10.3. The third kappa shape index (κ3) is 3.01. The monoisotopic (exact) mass is 168 g/mol. The average Bonchev–Trinajstić information content (AvgIpc) is 1.98. The van der Waals surface area contributed by atoms with Crippen molar-refractivity contribution in [2.45, 2.75) is 0 Å². The Balaban J connectivity index is 4.61. The molecule has 0 aliphatic rings. The number of likely N-dealkylation sites (N-methyl/N-ethyl adjacent to an activating group) is 1. The highest BCUT2D eigenvalue weighted by molar-refractivity contribution is 5.21. The SMILES string of the molecule is C=C/C(=C\C(=C)N(C)C)[N+](=O)[O-]. The van der Waals surface area contributed by atoms with E-state index in [9.17, 15) is 10.1 Å². The molecule has 0 N–H and O–H groups in total. The van der Waals surface area contributed by atoms with Gasteiger partial charge in [-0.15, -0.1) is 0 Å². The van der Waals surface area contributed by atoms with Gasteiger partial charge in [0.1, 0.15) is 0 Å². The van der Waals surface area contributed by atoms with E-state index in [1.807, 2.05) is 0 Å². The summed E-state index contributed by atoms with van der Waals surface area (Å²) in [6.45, 7) is 6.95. The zero-order valence-electron chi connectivity index (χ0n) is 7.28. The lowest BCUT2D eigenvalue weighted by Crippen LogP contribution is -2.09. The Bertz CT molecular complexity index is 241. The molecule has 0 aliphatic carbocycles. The highest BCUT2D eigenvalue weighted by atomic mass is 16.6. The van der Waals surface area contributed by atoms with Crippen molar-refractivity contribution in [2.75, 3.05) is 14.1 Å². The summed E-state index contributed by atoms with van der Waals surface area (Å²) in [4.78, 5) is 11.5. The van der Waals surface area contributed by atoms with Gasteiger partial charge in [0.05, 0.1) is 4.92 Å². The van der Waals surface area contributed by atoms with Crippen molar-refractivity contribution in [1.82, 2.24) is 4.90 Å². The van der Waals surface area contributed by atoms with Crippen molar-refractivity contribution in [1.29, 1.82) is 0 Å². The van der Waals surface area contributed by atoms with Crippen LogP contribution in [-0.4, -0.2) is 23.9 Å². The van der Waals surface area contributed by atoms with Crippen LogP contribution in [0.15, 0.2) is 36.7 Å². The van der Waals surface area contributed by atoms with Gasteiger partial charge in [0, 0.05) is 31.9 Å². The van der Waals surface area contributed by atoms with E-state index < -0.39 is 4.92 Å². The molecule has 4 heteroatoms. The number of nitro groups is 1. The molecule has 0 aromatic rings. The molecular weight excluding hydrogens is 156 g/mol. The fraction of sp³-hybridized carbons (Fsp3) is 0.250. The van der Waals surface area contributed by atoms with Crippen molar-refractivity contribution < 1.29 is 4.92 Å². The second-order valence-corrected chi connectivity index (χ2v) is 2.42. The first-order valence-electron chi connectivity index (χ1n) is 3.33. The average molecular weight is 168 g/mol. The van der Waals surface area contributed by atoms with Gasteiger partial charge in [0.2, 0.25) is 0 Å². The molecule has 0 fully saturated rings. The van der Waals surface area contributed by atoms with Crippen molar-refractivity contribution in [3.8, 4) is 0 Å². The van der Waals surface area contributed by atoms with Crippen LogP contribution < -0.4 is 0 Å². The van der Waals surface area contributed by atoms with Crippen molar-refractivity contribution in [2.24, 2.45) is 0 Å². The number of rotatable bonds is 4. The molecule has 4 nitrogen and oxygen atoms in total. The molecule has 0 aliphatic heterocycles. The zero-order chi connectivity index (χ0) is 9.72. The van der Waals surface area contributed by atoms with E-state index in [1.165, 1.54) is 12.2 Å². The Morgan fingerprint density at radius 3 is 2.33 bits per heavy atom. The quantitative estimate of drug-likeness (QED) is 0.362. The molecule has 0 saturated carbocycles.